The number of imide groups is 1. The molecule has 2 amide bonds. The number of carbonyl (C=O) groups excluding carboxylic acids is 2. The largest absolute Gasteiger partial charge is 0.497 e. The van der Waals surface area contributed by atoms with E-state index >= 15 is 0 Å². The molecule has 1 aliphatic heterocycles. The van der Waals surface area contributed by atoms with Crippen molar-refractivity contribution in [2.24, 2.45) is 0 Å². The highest BCUT2D eigenvalue weighted by atomic mass is 32.1. The topological polar surface area (TPSA) is 67.9 Å². The van der Waals surface area contributed by atoms with Crippen LogP contribution in [-0.4, -0.2) is 37.0 Å². The first-order chi connectivity index (χ1) is 12.5. The number of carbonyl (C=O) groups is 2. The number of rotatable bonds is 6. The third kappa shape index (κ3) is 3.17. The molecule has 2 aromatic rings. The average Bonchev–Trinajstić information content (AvgIpc) is 3.21. The first kappa shape index (κ1) is 18.0. The second-order valence-electron chi connectivity index (χ2n) is 6.03. The summed E-state index contributed by atoms with van der Waals surface area (Å²) < 4.78 is 10.5. The van der Waals surface area contributed by atoms with Gasteiger partial charge >= 0.3 is 0 Å². The maximum atomic E-state index is 12.9. The van der Waals surface area contributed by atoms with Crippen molar-refractivity contribution >= 4 is 34.4 Å². The summed E-state index contributed by atoms with van der Waals surface area (Å²) in [6, 6.07) is 8.69. The molecule has 0 aliphatic carbocycles. The summed E-state index contributed by atoms with van der Waals surface area (Å²) in [6.45, 7) is 3.64. The van der Waals surface area contributed by atoms with Gasteiger partial charge < -0.3 is 14.8 Å². The maximum absolute atomic E-state index is 12.9. The summed E-state index contributed by atoms with van der Waals surface area (Å²) >= 11 is 1.42. The minimum atomic E-state index is -0.338. The molecule has 2 heterocycles. The molecule has 0 spiro atoms. The SMILES string of the molecule is COc1cc(NC2=C(c3cccs3)C(=O)N(C(C)C)C2=O)cc(OC)c1. The smallest absolute Gasteiger partial charge is 0.278 e. The van der Waals surface area contributed by atoms with Crippen molar-refractivity contribution in [1.82, 2.24) is 4.90 Å². The molecular weight excluding hydrogens is 352 g/mol. The van der Waals surface area contributed by atoms with Crippen LogP contribution in [0, 0.1) is 0 Å². The van der Waals surface area contributed by atoms with Gasteiger partial charge in [-0.15, -0.1) is 11.3 Å². The first-order valence-corrected chi connectivity index (χ1v) is 9.00. The number of ether oxygens (including phenoxy) is 2. The van der Waals surface area contributed by atoms with Crippen molar-refractivity contribution in [3.63, 3.8) is 0 Å². The van der Waals surface area contributed by atoms with Gasteiger partial charge in [-0.2, -0.15) is 0 Å². The summed E-state index contributed by atoms with van der Waals surface area (Å²) in [4.78, 5) is 27.8. The minimum Gasteiger partial charge on any atom is -0.497 e. The molecule has 1 N–H and O–H groups in total. The van der Waals surface area contributed by atoms with Crippen molar-refractivity contribution in [3.05, 3.63) is 46.3 Å². The molecule has 7 heteroatoms. The van der Waals surface area contributed by atoms with E-state index in [9.17, 15) is 9.59 Å². The van der Waals surface area contributed by atoms with Gasteiger partial charge in [-0.3, -0.25) is 14.5 Å². The number of nitrogens with zero attached hydrogens (tertiary/aromatic N) is 1. The fourth-order valence-electron chi connectivity index (χ4n) is 2.81. The number of nitrogens with one attached hydrogen (secondary N) is 1. The summed E-state index contributed by atoms with van der Waals surface area (Å²) in [5, 5.41) is 4.99. The Morgan fingerprint density at radius 3 is 2.19 bits per heavy atom. The summed E-state index contributed by atoms with van der Waals surface area (Å²) in [6.07, 6.45) is 0. The molecule has 0 fully saturated rings. The molecular formula is C19H20N2O4S. The number of hydrogen-bond acceptors (Lipinski definition) is 6. The van der Waals surface area contributed by atoms with Gasteiger partial charge in [0.25, 0.3) is 11.8 Å². The highest BCUT2D eigenvalue weighted by molar-refractivity contribution is 7.11. The summed E-state index contributed by atoms with van der Waals surface area (Å²) in [7, 11) is 3.11. The number of thiophene rings is 1. The Hall–Kier alpha value is -2.80. The Kier molecular flexibility index (Phi) is 4.99. The van der Waals surface area contributed by atoms with Crippen LogP contribution in [0.3, 0.4) is 0 Å². The van der Waals surface area contributed by atoms with Crippen LogP contribution in [0.25, 0.3) is 5.57 Å². The van der Waals surface area contributed by atoms with Crippen LogP contribution in [0.15, 0.2) is 41.4 Å². The molecule has 0 unspecified atom stereocenters. The number of hydrogen-bond donors (Lipinski definition) is 1. The fraction of sp³-hybridized carbons (Fsp3) is 0.263. The standard InChI is InChI=1S/C19H20N2O4S/c1-11(2)21-18(22)16(15-6-5-7-26-15)17(19(21)23)20-12-8-13(24-3)10-14(9-12)25-4/h5-11,20H,1-4H3. The molecule has 1 aromatic carbocycles. The third-order valence-corrected chi connectivity index (χ3v) is 4.91. The van der Waals surface area contributed by atoms with Crippen LogP contribution in [-0.2, 0) is 9.59 Å². The predicted molar refractivity (Wildman–Crippen MR) is 101 cm³/mol. The van der Waals surface area contributed by atoms with Crippen molar-refractivity contribution in [1.29, 1.82) is 0 Å². The van der Waals surface area contributed by atoms with Crippen molar-refractivity contribution in [2.45, 2.75) is 19.9 Å². The number of methoxy groups -OCH3 is 2. The van der Waals surface area contributed by atoms with Gasteiger partial charge in [0.15, 0.2) is 0 Å². The fourth-order valence-corrected chi connectivity index (χ4v) is 3.57. The Labute approximate surface area is 156 Å². The third-order valence-electron chi connectivity index (χ3n) is 4.02. The molecule has 0 saturated carbocycles. The lowest BCUT2D eigenvalue weighted by Crippen LogP contribution is -2.38. The predicted octanol–water partition coefficient (Wildman–Crippen LogP) is 3.37. The van der Waals surface area contributed by atoms with Crippen LogP contribution in [0.2, 0.25) is 0 Å². The van der Waals surface area contributed by atoms with E-state index in [-0.39, 0.29) is 23.6 Å². The summed E-state index contributed by atoms with van der Waals surface area (Å²) in [5.41, 5.74) is 1.26. The Bertz CT molecular complexity index is 849. The van der Waals surface area contributed by atoms with E-state index in [1.807, 2.05) is 31.4 Å². The molecule has 0 atom stereocenters. The zero-order chi connectivity index (χ0) is 18.8. The van der Waals surface area contributed by atoms with E-state index in [2.05, 4.69) is 5.32 Å². The second kappa shape index (κ2) is 7.21. The lowest BCUT2D eigenvalue weighted by atomic mass is 10.1. The van der Waals surface area contributed by atoms with Gasteiger partial charge in [0, 0.05) is 34.8 Å². The van der Waals surface area contributed by atoms with Gasteiger partial charge in [0.1, 0.15) is 17.2 Å². The second-order valence-corrected chi connectivity index (χ2v) is 6.98. The van der Waals surface area contributed by atoms with Crippen LogP contribution < -0.4 is 14.8 Å². The zero-order valence-corrected chi connectivity index (χ0v) is 15.8. The van der Waals surface area contributed by atoms with E-state index in [1.165, 1.54) is 16.2 Å². The van der Waals surface area contributed by atoms with Crippen LogP contribution in [0.5, 0.6) is 11.5 Å². The lowest BCUT2D eigenvalue weighted by Gasteiger charge is -2.19. The Morgan fingerprint density at radius 1 is 1.04 bits per heavy atom. The van der Waals surface area contributed by atoms with Gasteiger partial charge in [-0.25, -0.2) is 0 Å². The van der Waals surface area contributed by atoms with Gasteiger partial charge in [-0.05, 0) is 25.3 Å². The number of benzene rings is 1. The van der Waals surface area contributed by atoms with Crippen molar-refractivity contribution in [3.8, 4) is 11.5 Å². The molecule has 26 heavy (non-hydrogen) atoms. The molecule has 6 nitrogen and oxygen atoms in total. The normalized spacial score (nSPS) is 14.4. The monoisotopic (exact) mass is 372 g/mol. The first-order valence-electron chi connectivity index (χ1n) is 8.12. The van der Waals surface area contributed by atoms with E-state index in [4.69, 9.17) is 9.47 Å². The van der Waals surface area contributed by atoms with Gasteiger partial charge in [-0.1, -0.05) is 6.07 Å². The molecule has 0 radical (unpaired) electrons. The molecule has 136 valence electrons. The molecule has 1 aliphatic rings. The molecule has 1 aromatic heterocycles. The van der Waals surface area contributed by atoms with Crippen LogP contribution in [0.4, 0.5) is 5.69 Å². The average molecular weight is 372 g/mol. The molecule has 0 saturated heterocycles. The number of amides is 2. The zero-order valence-electron chi connectivity index (χ0n) is 15.0. The van der Waals surface area contributed by atoms with Crippen molar-refractivity contribution < 1.29 is 19.1 Å². The summed E-state index contributed by atoms with van der Waals surface area (Å²) in [5.74, 6) is 0.547. The highest BCUT2D eigenvalue weighted by Crippen LogP contribution is 2.35. The molecule has 3 rings (SSSR count). The van der Waals surface area contributed by atoms with Gasteiger partial charge in [0.2, 0.25) is 0 Å². The Morgan fingerprint density at radius 2 is 1.69 bits per heavy atom. The molecule has 0 bridgehead atoms. The van der Waals surface area contributed by atoms with E-state index < -0.39 is 0 Å². The van der Waals surface area contributed by atoms with E-state index in [0.717, 1.165) is 4.88 Å². The number of anilines is 1. The lowest BCUT2D eigenvalue weighted by molar-refractivity contribution is -0.138. The minimum absolute atomic E-state index is 0.232. The Balaban J connectivity index is 2.07. The highest BCUT2D eigenvalue weighted by Gasteiger charge is 2.41. The van der Waals surface area contributed by atoms with Crippen molar-refractivity contribution in [2.75, 3.05) is 19.5 Å². The maximum Gasteiger partial charge on any atom is 0.278 e. The quantitative estimate of drug-likeness (QED) is 0.788. The van der Waals surface area contributed by atoms with Gasteiger partial charge in [0.05, 0.1) is 19.8 Å². The van der Waals surface area contributed by atoms with E-state index in [1.54, 1.807) is 32.4 Å². The van der Waals surface area contributed by atoms with Crippen LogP contribution >= 0.6 is 11.3 Å². The van der Waals surface area contributed by atoms with Crippen LogP contribution in [0.1, 0.15) is 18.7 Å². The van der Waals surface area contributed by atoms with E-state index in [0.29, 0.717) is 22.8 Å².